The Morgan fingerprint density at radius 1 is 0.500 bits per heavy atom. The van der Waals surface area contributed by atoms with Crippen LogP contribution in [0.5, 0.6) is 0 Å². The van der Waals surface area contributed by atoms with Gasteiger partial charge < -0.3 is 0 Å². The Kier molecular flexibility index (Phi) is 5.13. The Bertz CT molecular complexity index is 521. The smallest absolute Gasteiger partial charge is 0.0525 e. The lowest BCUT2D eigenvalue weighted by atomic mass is 10.0. The second-order valence-corrected chi connectivity index (χ2v) is 19.2. The van der Waals surface area contributed by atoms with Crippen LogP contribution in [0.3, 0.4) is 0 Å². The highest BCUT2D eigenvalue weighted by Gasteiger charge is 2.42. The van der Waals surface area contributed by atoms with Gasteiger partial charge in [-0.3, -0.25) is 0 Å². The van der Waals surface area contributed by atoms with Crippen LogP contribution in [-0.2, 0) is 0 Å². The van der Waals surface area contributed by atoms with E-state index in [0.29, 0.717) is 11.1 Å². The zero-order valence-electron chi connectivity index (χ0n) is 14.9. The third-order valence-electron chi connectivity index (χ3n) is 4.52. The summed E-state index contributed by atoms with van der Waals surface area (Å²) in [5.41, 5.74) is 4.45. The molecule has 0 radical (unpaired) electrons. The third-order valence-corrected chi connectivity index (χ3v) is 9.92. The van der Waals surface area contributed by atoms with Crippen molar-refractivity contribution < 1.29 is 0 Å². The van der Waals surface area contributed by atoms with E-state index >= 15 is 0 Å². The molecule has 2 heteroatoms. The van der Waals surface area contributed by atoms with Crippen LogP contribution in [-0.4, -0.2) is 16.1 Å². The van der Waals surface area contributed by atoms with Gasteiger partial charge >= 0.3 is 0 Å². The topological polar surface area (TPSA) is 0 Å². The first-order chi connectivity index (χ1) is 10.2. The SMILES string of the molecule is C[Si](C)(C)C(c1ccccc1)C(c1ccccc1)[Si](C)(C)C. The molecular formula is C20H30Si2. The van der Waals surface area contributed by atoms with Crippen molar-refractivity contribution in [1.29, 1.82) is 0 Å². The first-order valence-corrected chi connectivity index (χ1v) is 15.5. The molecule has 0 heterocycles. The van der Waals surface area contributed by atoms with Crippen molar-refractivity contribution in [2.24, 2.45) is 0 Å². The molecule has 0 saturated carbocycles. The minimum absolute atomic E-state index is 0.683. The van der Waals surface area contributed by atoms with E-state index in [-0.39, 0.29) is 0 Å². The Labute approximate surface area is 138 Å². The second-order valence-electron chi connectivity index (χ2n) is 8.51. The van der Waals surface area contributed by atoms with E-state index in [0.717, 1.165) is 0 Å². The maximum atomic E-state index is 2.53. The first-order valence-electron chi connectivity index (χ1n) is 8.31. The highest BCUT2D eigenvalue weighted by atomic mass is 28.3. The molecule has 2 atom stereocenters. The highest BCUT2D eigenvalue weighted by Crippen LogP contribution is 2.44. The van der Waals surface area contributed by atoms with Crippen LogP contribution in [0.1, 0.15) is 22.2 Å². The fourth-order valence-corrected chi connectivity index (χ4v) is 11.5. The van der Waals surface area contributed by atoms with Gasteiger partial charge in [-0.05, 0) is 22.2 Å². The van der Waals surface area contributed by atoms with Crippen LogP contribution in [0.4, 0.5) is 0 Å². The van der Waals surface area contributed by atoms with Gasteiger partial charge in [-0.2, -0.15) is 0 Å². The van der Waals surface area contributed by atoms with Crippen molar-refractivity contribution in [3.05, 3.63) is 71.8 Å². The normalized spacial score (nSPS) is 15.4. The fraction of sp³-hybridized carbons (Fsp3) is 0.400. The molecular weight excluding hydrogens is 296 g/mol. The van der Waals surface area contributed by atoms with Crippen molar-refractivity contribution in [2.75, 3.05) is 0 Å². The molecule has 0 aromatic heterocycles. The predicted octanol–water partition coefficient (Wildman–Crippen LogP) is 6.31. The lowest BCUT2D eigenvalue weighted by molar-refractivity contribution is 0.809. The van der Waals surface area contributed by atoms with Crippen molar-refractivity contribution in [2.45, 2.75) is 50.4 Å². The zero-order valence-corrected chi connectivity index (χ0v) is 16.9. The molecule has 0 spiro atoms. The van der Waals surface area contributed by atoms with Gasteiger partial charge in [0.1, 0.15) is 0 Å². The van der Waals surface area contributed by atoms with Crippen molar-refractivity contribution in [3.8, 4) is 0 Å². The van der Waals surface area contributed by atoms with Crippen LogP contribution in [0.2, 0.25) is 39.3 Å². The average Bonchev–Trinajstić information content (AvgIpc) is 2.44. The zero-order chi connectivity index (χ0) is 16.4. The molecule has 0 fully saturated rings. The van der Waals surface area contributed by atoms with E-state index in [4.69, 9.17) is 0 Å². The summed E-state index contributed by atoms with van der Waals surface area (Å²) in [6.45, 7) is 15.2. The lowest BCUT2D eigenvalue weighted by Crippen LogP contribution is -2.45. The van der Waals surface area contributed by atoms with E-state index in [1.807, 2.05) is 0 Å². The molecule has 0 bridgehead atoms. The maximum Gasteiger partial charge on any atom is 0.0525 e. The van der Waals surface area contributed by atoms with Crippen molar-refractivity contribution in [3.63, 3.8) is 0 Å². The van der Waals surface area contributed by atoms with Gasteiger partial charge in [0.15, 0.2) is 0 Å². The van der Waals surface area contributed by atoms with Crippen molar-refractivity contribution >= 4 is 16.1 Å². The molecule has 2 aromatic rings. The summed E-state index contributed by atoms with van der Waals surface area (Å²) < 4.78 is 0. The Morgan fingerprint density at radius 2 is 0.773 bits per heavy atom. The fourth-order valence-electron chi connectivity index (χ4n) is 3.71. The van der Waals surface area contributed by atoms with Crippen LogP contribution in [0, 0.1) is 0 Å². The molecule has 0 saturated heterocycles. The highest BCUT2D eigenvalue weighted by molar-refractivity contribution is 6.83. The summed E-state index contributed by atoms with van der Waals surface area (Å²) in [7, 11) is -2.70. The van der Waals surface area contributed by atoms with Gasteiger partial charge in [0.25, 0.3) is 0 Å². The van der Waals surface area contributed by atoms with E-state index < -0.39 is 16.1 Å². The molecule has 0 N–H and O–H groups in total. The first kappa shape index (κ1) is 17.2. The molecule has 0 aliphatic heterocycles. The molecule has 0 aliphatic carbocycles. The molecule has 2 rings (SSSR count). The molecule has 22 heavy (non-hydrogen) atoms. The van der Waals surface area contributed by atoms with E-state index in [9.17, 15) is 0 Å². The maximum absolute atomic E-state index is 2.53. The number of benzene rings is 2. The Morgan fingerprint density at radius 3 is 1.00 bits per heavy atom. The number of hydrogen-bond acceptors (Lipinski definition) is 0. The Hall–Kier alpha value is -1.13. The predicted molar refractivity (Wildman–Crippen MR) is 105 cm³/mol. The molecule has 2 aromatic carbocycles. The van der Waals surface area contributed by atoms with Gasteiger partial charge in [-0.1, -0.05) is 99.9 Å². The number of hydrogen-bond donors (Lipinski definition) is 0. The summed E-state index contributed by atoms with van der Waals surface area (Å²) in [4.78, 5) is 0. The Balaban J connectivity index is 2.60. The minimum Gasteiger partial charge on any atom is -0.0691 e. The summed E-state index contributed by atoms with van der Waals surface area (Å²) in [5.74, 6) is 0. The summed E-state index contributed by atoms with van der Waals surface area (Å²) in [6.07, 6.45) is 0. The summed E-state index contributed by atoms with van der Waals surface area (Å²) in [6, 6.07) is 22.5. The standard InChI is InChI=1S/C20H30Si2/c1-21(2,3)19(17-13-9-7-10-14-17)20(22(4,5)6)18-15-11-8-12-16-18/h7-16,19-20H,1-6H3. The molecule has 2 unspecified atom stereocenters. The molecule has 0 nitrogen and oxygen atoms in total. The van der Waals surface area contributed by atoms with Gasteiger partial charge in [0.2, 0.25) is 0 Å². The van der Waals surface area contributed by atoms with Gasteiger partial charge in [0.05, 0.1) is 16.1 Å². The van der Waals surface area contributed by atoms with Gasteiger partial charge in [-0.15, -0.1) is 0 Å². The monoisotopic (exact) mass is 326 g/mol. The molecule has 0 aliphatic rings. The van der Waals surface area contributed by atoms with Crippen LogP contribution in [0.15, 0.2) is 60.7 Å². The van der Waals surface area contributed by atoms with E-state index in [2.05, 4.69) is 99.9 Å². The minimum atomic E-state index is -1.35. The molecule has 0 amide bonds. The van der Waals surface area contributed by atoms with E-state index in [1.165, 1.54) is 11.1 Å². The van der Waals surface area contributed by atoms with Crippen LogP contribution < -0.4 is 0 Å². The summed E-state index contributed by atoms with van der Waals surface area (Å²) in [5, 5.41) is 0. The van der Waals surface area contributed by atoms with Gasteiger partial charge in [0, 0.05) is 0 Å². The van der Waals surface area contributed by atoms with Crippen LogP contribution >= 0.6 is 0 Å². The number of rotatable bonds is 5. The van der Waals surface area contributed by atoms with Crippen LogP contribution in [0.25, 0.3) is 0 Å². The quantitative estimate of drug-likeness (QED) is 0.565. The van der Waals surface area contributed by atoms with E-state index in [1.54, 1.807) is 0 Å². The van der Waals surface area contributed by atoms with Gasteiger partial charge in [-0.25, -0.2) is 0 Å². The average molecular weight is 327 g/mol. The summed E-state index contributed by atoms with van der Waals surface area (Å²) >= 11 is 0. The lowest BCUT2D eigenvalue weighted by Gasteiger charge is -2.43. The molecule has 118 valence electrons. The third kappa shape index (κ3) is 3.99. The second kappa shape index (κ2) is 6.55. The van der Waals surface area contributed by atoms with Crippen molar-refractivity contribution in [1.82, 2.24) is 0 Å². The largest absolute Gasteiger partial charge is 0.0691 e.